The van der Waals surface area contributed by atoms with Crippen LogP contribution in [0.1, 0.15) is 38.2 Å². The summed E-state index contributed by atoms with van der Waals surface area (Å²) in [5.41, 5.74) is 1.94. The maximum atomic E-state index is 3.56. The largest absolute Gasteiger partial charge is 0.313 e. The van der Waals surface area contributed by atoms with Crippen molar-refractivity contribution < 1.29 is 0 Å². The molecule has 1 saturated carbocycles. The van der Waals surface area contributed by atoms with E-state index in [1.165, 1.54) is 37.8 Å². The summed E-state index contributed by atoms with van der Waals surface area (Å²) < 4.78 is 0. The van der Waals surface area contributed by atoms with E-state index in [9.17, 15) is 0 Å². The Morgan fingerprint density at radius 1 is 1.24 bits per heavy atom. The highest BCUT2D eigenvalue weighted by Gasteiger charge is 2.40. The molecule has 17 heavy (non-hydrogen) atoms. The first kappa shape index (κ1) is 12.4. The van der Waals surface area contributed by atoms with Crippen LogP contribution in [0.5, 0.6) is 0 Å². The van der Waals surface area contributed by atoms with E-state index < -0.39 is 0 Å². The van der Waals surface area contributed by atoms with Crippen molar-refractivity contribution in [1.29, 1.82) is 0 Å². The molecule has 1 nitrogen and oxygen atoms in total. The third-order valence-electron chi connectivity index (χ3n) is 3.61. The van der Waals surface area contributed by atoms with Crippen LogP contribution in [-0.2, 0) is 0 Å². The molecular formula is C16H23N. The van der Waals surface area contributed by atoms with Crippen molar-refractivity contribution in [1.82, 2.24) is 5.32 Å². The molecule has 0 saturated heterocycles. The van der Waals surface area contributed by atoms with Gasteiger partial charge in [-0.25, -0.2) is 0 Å². The second-order valence-electron chi connectivity index (χ2n) is 5.19. The topological polar surface area (TPSA) is 12.0 Å². The third-order valence-corrected chi connectivity index (χ3v) is 3.61. The Labute approximate surface area is 105 Å². The van der Waals surface area contributed by atoms with Gasteiger partial charge in [-0.2, -0.15) is 0 Å². The van der Waals surface area contributed by atoms with E-state index in [0.29, 0.717) is 5.41 Å². The summed E-state index contributed by atoms with van der Waals surface area (Å²) in [5, 5.41) is 3.56. The Kier molecular flexibility index (Phi) is 4.38. The molecule has 1 aromatic carbocycles. The Hall–Kier alpha value is -1.08. The molecule has 0 aromatic heterocycles. The van der Waals surface area contributed by atoms with E-state index in [-0.39, 0.29) is 0 Å². The Bertz CT molecular complexity index is 349. The maximum absolute atomic E-state index is 3.56. The monoisotopic (exact) mass is 229 g/mol. The van der Waals surface area contributed by atoms with Crippen LogP contribution >= 0.6 is 0 Å². The summed E-state index contributed by atoms with van der Waals surface area (Å²) in [5.74, 6) is 0. The van der Waals surface area contributed by atoms with Crippen LogP contribution in [0.25, 0.3) is 6.08 Å². The van der Waals surface area contributed by atoms with Gasteiger partial charge in [0.1, 0.15) is 0 Å². The predicted octanol–water partition coefficient (Wildman–Crippen LogP) is 3.87. The van der Waals surface area contributed by atoms with Crippen molar-refractivity contribution in [3.8, 4) is 0 Å². The van der Waals surface area contributed by atoms with Gasteiger partial charge in [0.15, 0.2) is 0 Å². The lowest BCUT2D eigenvalue weighted by Gasteiger charge is -2.13. The zero-order chi connectivity index (χ0) is 12.0. The summed E-state index contributed by atoms with van der Waals surface area (Å²) in [4.78, 5) is 0. The Balaban J connectivity index is 1.65. The molecule has 1 aromatic rings. The molecule has 92 valence electrons. The van der Waals surface area contributed by atoms with Crippen molar-refractivity contribution in [2.75, 3.05) is 13.1 Å². The third kappa shape index (κ3) is 4.01. The van der Waals surface area contributed by atoms with Crippen LogP contribution < -0.4 is 5.32 Å². The predicted molar refractivity (Wildman–Crippen MR) is 74.9 cm³/mol. The molecule has 0 radical (unpaired) electrons. The summed E-state index contributed by atoms with van der Waals surface area (Å²) in [7, 11) is 0. The number of hydrogen-bond donors (Lipinski definition) is 1. The second kappa shape index (κ2) is 6.02. The fourth-order valence-electron chi connectivity index (χ4n) is 2.40. The Morgan fingerprint density at radius 3 is 2.65 bits per heavy atom. The van der Waals surface area contributed by atoms with Gasteiger partial charge in [0.2, 0.25) is 0 Å². The minimum Gasteiger partial charge on any atom is -0.313 e. The average Bonchev–Trinajstić information content (AvgIpc) is 3.11. The standard InChI is InChI=1S/C16H23N/c1-2-10-16(11-12-16)14-17-13-6-9-15-7-4-3-5-8-15/h3-9,17H,2,10-14H2,1H3/b9-6+. The molecular weight excluding hydrogens is 206 g/mol. The van der Waals surface area contributed by atoms with Gasteiger partial charge in [-0.3, -0.25) is 0 Å². The van der Waals surface area contributed by atoms with Crippen molar-refractivity contribution in [3.63, 3.8) is 0 Å². The first-order chi connectivity index (χ1) is 8.35. The highest BCUT2D eigenvalue weighted by Crippen LogP contribution is 2.48. The van der Waals surface area contributed by atoms with E-state index in [0.717, 1.165) is 6.54 Å². The van der Waals surface area contributed by atoms with E-state index in [1.807, 2.05) is 0 Å². The summed E-state index contributed by atoms with van der Waals surface area (Å²) in [6.45, 7) is 4.47. The number of nitrogens with one attached hydrogen (secondary N) is 1. The zero-order valence-electron chi connectivity index (χ0n) is 10.8. The molecule has 0 amide bonds. The van der Waals surface area contributed by atoms with Gasteiger partial charge in [0.25, 0.3) is 0 Å². The smallest absolute Gasteiger partial charge is 0.0138 e. The molecule has 0 spiro atoms. The molecule has 1 aliphatic carbocycles. The molecule has 1 heteroatoms. The van der Waals surface area contributed by atoms with Crippen molar-refractivity contribution in [2.24, 2.45) is 5.41 Å². The average molecular weight is 229 g/mol. The van der Waals surface area contributed by atoms with E-state index >= 15 is 0 Å². The molecule has 0 heterocycles. The zero-order valence-corrected chi connectivity index (χ0v) is 10.8. The lowest BCUT2D eigenvalue weighted by Crippen LogP contribution is -2.23. The Morgan fingerprint density at radius 2 is 2.00 bits per heavy atom. The minimum absolute atomic E-state index is 0.662. The highest BCUT2D eigenvalue weighted by atomic mass is 14.9. The lowest BCUT2D eigenvalue weighted by atomic mass is 10.0. The first-order valence-electron chi connectivity index (χ1n) is 6.77. The molecule has 2 rings (SSSR count). The van der Waals surface area contributed by atoms with Crippen LogP contribution in [0.3, 0.4) is 0 Å². The van der Waals surface area contributed by atoms with Gasteiger partial charge in [-0.05, 0) is 30.2 Å². The van der Waals surface area contributed by atoms with Crippen LogP contribution in [0.2, 0.25) is 0 Å². The number of rotatable bonds is 7. The fourth-order valence-corrected chi connectivity index (χ4v) is 2.40. The molecule has 1 fully saturated rings. The summed E-state index contributed by atoms with van der Waals surface area (Å²) in [6.07, 6.45) is 9.97. The number of hydrogen-bond acceptors (Lipinski definition) is 1. The summed E-state index contributed by atoms with van der Waals surface area (Å²) >= 11 is 0. The van der Waals surface area contributed by atoms with Gasteiger partial charge in [0, 0.05) is 13.1 Å². The summed E-state index contributed by atoms with van der Waals surface area (Å²) in [6, 6.07) is 10.5. The molecule has 0 atom stereocenters. The molecule has 1 aliphatic rings. The van der Waals surface area contributed by atoms with Crippen LogP contribution in [0.15, 0.2) is 36.4 Å². The van der Waals surface area contributed by atoms with Gasteiger partial charge in [0.05, 0.1) is 0 Å². The lowest BCUT2D eigenvalue weighted by molar-refractivity contribution is 0.431. The van der Waals surface area contributed by atoms with Gasteiger partial charge < -0.3 is 5.32 Å². The van der Waals surface area contributed by atoms with Crippen LogP contribution in [0, 0.1) is 5.41 Å². The maximum Gasteiger partial charge on any atom is 0.0138 e. The molecule has 0 aliphatic heterocycles. The number of benzene rings is 1. The molecule has 0 bridgehead atoms. The van der Waals surface area contributed by atoms with E-state index in [4.69, 9.17) is 0 Å². The first-order valence-corrected chi connectivity index (χ1v) is 6.77. The van der Waals surface area contributed by atoms with Gasteiger partial charge in [-0.1, -0.05) is 55.8 Å². The van der Waals surface area contributed by atoms with Gasteiger partial charge in [-0.15, -0.1) is 0 Å². The minimum atomic E-state index is 0.662. The van der Waals surface area contributed by atoms with Gasteiger partial charge >= 0.3 is 0 Å². The van der Waals surface area contributed by atoms with E-state index in [1.54, 1.807) is 0 Å². The molecule has 0 unspecified atom stereocenters. The molecule has 1 N–H and O–H groups in total. The van der Waals surface area contributed by atoms with E-state index in [2.05, 4.69) is 54.7 Å². The quantitative estimate of drug-likeness (QED) is 0.700. The highest BCUT2D eigenvalue weighted by molar-refractivity contribution is 5.48. The van der Waals surface area contributed by atoms with Crippen LogP contribution in [0.4, 0.5) is 0 Å². The van der Waals surface area contributed by atoms with Crippen molar-refractivity contribution in [2.45, 2.75) is 32.6 Å². The second-order valence-corrected chi connectivity index (χ2v) is 5.19. The van der Waals surface area contributed by atoms with Crippen molar-refractivity contribution >= 4 is 6.08 Å². The normalized spacial score (nSPS) is 17.5. The van der Waals surface area contributed by atoms with Crippen LogP contribution in [-0.4, -0.2) is 13.1 Å². The SMILES string of the molecule is CCCC1(CNC/C=C/c2ccccc2)CC1. The fraction of sp³-hybridized carbons (Fsp3) is 0.500. The van der Waals surface area contributed by atoms with Crippen molar-refractivity contribution in [3.05, 3.63) is 42.0 Å².